The summed E-state index contributed by atoms with van der Waals surface area (Å²) in [5, 5.41) is 8.97. The third-order valence-corrected chi connectivity index (χ3v) is 6.58. The minimum atomic E-state index is -0.240. The summed E-state index contributed by atoms with van der Waals surface area (Å²) in [6, 6.07) is 18.3. The minimum absolute atomic E-state index is 0.240. The van der Waals surface area contributed by atoms with Crippen molar-refractivity contribution in [3.05, 3.63) is 110 Å². The topological polar surface area (TPSA) is 56.1 Å². The molecule has 0 unspecified atom stereocenters. The van der Waals surface area contributed by atoms with Gasteiger partial charge in [0.25, 0.3) is 5.91 Å². The number of nitrogens with zero attached hydrogens (tertiary/aromatic N) is 2. The number of anilines is 1. The van der Waals surface area contributed by atoms with Gasteiger partial charge in [0.15, 0.2) is 5.82 Å². The second kappa shape index (κ2) is 10.5. The lowest BCUT2D eigenvalue weighted by Gasteiger charge is -2.10. The number of amides is 1. The molecule has 34 heavy (non-hydrogen) atoms. The van der Waals surface area contributed by atoms with Crippen molar-refractivity contribution in [1.82, 2.24) is 9.78 Å². The van der Waals surface area contributed by atoms with Gasteiger partial charge in [0.1, 0.15) is 12.4 Å². The van der Waals surface area contributed by atoms with E-state index in [0.29, 0.717) is 34.6 Å². The fourth-order valence-electron chi connectivity index (χ4n) is 3.44. The fourth-order valence-corrected chi connectivity index (χ4v) is 3.87. The highest BCUT2D eigenvalue weighted by Crippen LogP contribution is 2.26. The largest absolute Gasteiger partial charge is 0.489 e. The molecule has 0 atom stereocenters. The summed E-state index contributed by atoms with van der Waals surface area (Å²) in [6.45, 7) is 4.80. The van der Waals surface area contributed by atoms with Gasteiger partial charge in [-0.1, -0.05) is 53.0 Å². The standard InChI is InChI=1S/C26H22Cl3N3O2/c1-16-11-21(12-17(2)25(16)29)34-15-18-3-6-20(7-4-18)26(33)30-24-9-10-32(31-24)14-19-5-8-22(27)23(28)13-19/h3-13H,14-15H2,1-2H3,(H,30,31,33). The quantitative estimate of drug-likeness (QED) is 0.281. The van der Waals surface area contributed by atoms with E-state index in [9.17, 15) is 4.79 Å². The molecule has 0 saturated carbocycles. The predicted octanol–water partition coefficient (Wildman–Crippen LogP) is 7.34. The van der Waals surface area contributed by atoms with Gasteiger partial charge in [-0.05, 0) is 72.5 Å². The molecule has 174 valence electrons. The third kappa shape index (κ3) is 5.92. The molecule has 0 aliphatic carbocycles. The Balaban J connectivity index is 1.33. The lowest BCUT2D eigenvalue weighted by molar-refractivity contribution is 0.102. The van der Waals surface area contributed by atoms with Crippen LogP contribution in [0.2, 0.25) is 15.1 Å². The van der Waals surface area contributed by atoms with Crippen LogP contribution >= 0.6 is 34.8 Å². The number of rotatable bonds is 7. The lowest BCUT2D eigenvalue weighted by Crippen LogP contribution is -2.13. The molecular weight excluding hydrogens is 493 g/mol. The first kappa shape index (κ1) is 24.1. The van der Waals surface area contributed by atoms with Crippen LogP contribution in [-0.2, 0) is 13.2 Å². The van der Waals surface area contributed by atoms with Gasteiger partial charge in [-0.3, -0.25) is 9.48 Å². The van der Waals surface area contributed by atoms with Gasteiger partial charge < -0.3 is 10.1 Å². The number of nitrogens with one attached hydrogen (secondary N) is 1. The van der Waals surface area contributed by atoms with Crippen molar-refractivity contribution in [2.24, 2.45) is 0 Å². The smallest absolute Gasteiger partial charge is 0.256 e. The first-order valence-corrected chi connectivity index (χ1v) is 11.7. The van der Waals surface area contributed by atoms with E-state index >= 15 is 0 Å². The molecule has 1 heterocycles. The molecule has 4 aromatic rings. The van der Waals surface area contributed by atoms with Crippen LogP contribution < -0.4 is 10.1 Å². The van der Waals surface area contributed by atoms with Gasteiger partial charge >= 0.3 is 0 Å². The second-order valence-corrected chi connectivity index (χ2v) is 9.15. The van der Waals surface area contributed by atoms with Crippen LogP contribution in [0.15, 0.2) is 66.9 Å². The van der Waals surface area contributed by atoms with Gasteiger partial charge in [0.2, 0.25) is 0 Å². The number of aromatic nitrogens is 2. The average molecular weight is 515 g/mol. The number of hydrogen-bond acceptors (Lipinski definition) is 3. The highest BCUT2D eigenvalue weighted by molar-refractivity contribution is 6.42. The molecule has 1 amide bonds. The molecule has 0 saturated heterocycles. The molecule has 0 aliphatic rings. The van der Waals surface area contributed by atoms with Crippen molar-refractivity contribution in [2.75, 3.05) is 5.32 Å². The molecule has 0 spiro atoms. The Morgan fingerprint density at radius 2 is 1.59 bits per heavy atom. The van der Waals surface area contributed by atoms with Gasteiger partial charge in [0, 0.05) is 22.8 Å². The number of benzene rings is 3. The maximum atomic E-state index is 12.6. The molecule has 0 bridgehead atoms. The van der Waals surface area contributed by atoms with Crippen LogP contribution in [0.1, 0.15) is 32.6 Å². The van der Waals surface area contributed by atoms with E-state index in [2.05, 4.69) is 10.4 Å². The van der Waals surface area contributed by atoms with E-state index in [0.717, 1.165) is 33.0 Å². The Morgan fingerprint density at radius 1 is 0.912 bits per heavy atom. The van der Waals surface area contributed by atoms with Crippen molar-refractivity contribution in [2.45, 2.75) is 27.0 Å². The van der Waals surface area contributed by atoms with E-state index < -0.39 is 0 Å². The molecule has 1 N–H and O–H groups in total. The Hall–Kier alpha value is -2.99. The van der Waals surface area contributed by atoms with Crippen molar-refractivity contribution in [3.8, 4) is 5.75 Å². The number of carbonyl (C=O) groups excluding carboxylic acids is 1. The molecular formula is C26H22Cl3N3O2. The summed E-state index contributed by atoms with van der Waals surface area (Å²) < 4.78 is 7.60. The highest BCUT2D eigenvalue weighted by atomic mass is 35.5. The van der Waals surface area contributed by atoms with Gasteiger partial charge in [-0.2, -0.15) is 5.10 Å². The average Bonchev–Trinajstić information content (AvgIpc) is 3.25. The van der Waals surface area contributed by atoms with E-state index in [1.54, 1.807) is 41.2 Å². The first-order chi connectivity index (χ1) is 16.3. The number of aryl methyl sites for hydroxylation is 2. The molecule has 1 aromatic heterocycles. The summed E-state index contributed by atoms with van der Waals surface area (Å²) in [6.07, 6.45) is 1.79. The van der Waals surface area contributed by atoms with E-state index in [1.807, 2.05) is 44.2 Å². The van der Waals surface area contributed by atoms with Gasteiger partial charge in [-0.25, -0.2) is 0 Å². The Morgan fingerprint density at radius 3 is 2.26 bits per heavy atom. The van der Waals surface area contributed by atoms with Crippen molar-refractivity contribution < 1.29 is 9.53 Å². The molecule has 0 aliphatic heterocycles. The molecule has 4 rings (SSSR count). The molecule has 0 radical (unpaired) electrons. The van der Waals surface area contributed by atoms with Crippen LogP contribution in [0.25, 0.3) is 0 Å². The van der Waals surface area contributed by atoms with E-state index in [-0.39, 0.29) is 5.91 Å². The summed E-state index contributed by atoms with van der Waals surface area (Å²) in [5.41, 5.74) is 4.39. The van der Waals surface area contributed by atoms with E-state index in [4.69, 9.17) is 39.5 Å². The zero-order valence-electron chi connectivity index (χ0n) is 18.6. The van der Waals surface area contributed by atoms with Crippen molar-refractivity contribution in [1.29, 1.82) is 0 Å². The van der Waals surface area contributed by atoms with Gasteiger partial charge in [-0.15, -0.1) is 0 Å². The molecule has 0 fully saturated rings. The zero-order valence-corrected chi connectivity index (χ0v) is 20.9. The zero-order chi connectivity index (χ0) is 24.2. The van der Waals surface area contributed by atoms with Crippen molar-refractivity contribution in [3.63, 3.8) is 0 Å². The minimum Gasteiger partial charge on any atom is -0.489 e. The molecule has 5 nitrogen and oxygen atoms in total. The van der Waals surface area contributed by atoms with Crippen molar-refractivity contribution >= 4 is 46.5 Å². The van der Waals surface area contributed by atoms with E-state index in [1.165, 1.54) is 0 Å². The summed E-state index contributed by atoms with van der Waals surface area (Å²) in [4.78, 5) is 12.6. The number of halogens is 3. The first-order valence-electron chi connectivity index (χ1n) is 10.6. The summed E-state index contributed by atoms with van der Waals surface area (Å²) >= 11 is 18.2. The van der Waals surface area contributed by atoms with Crippen LogP contribution in [0.3, 0.4) is 0 Å². The normalized spacial score (nSPS) is 10.9. The fraction of sp³-hybridized carbons (Fsp3) is 0.154. The van der Waals surface area contributed by atoms with Crippen LogP contribution in [0, 0.1) is 13.8 Å². The monoisotopic (exact) mass is 513 g/mol. The SMILES string of the molecule is Cc1cc(OCc2ccc(C(=O)Nc3ccn(Cc4ccc(Cl)c(Cl)c4)n3)cc2)cc(C)c1Cl. The number of hydrogen-bond donors (Lipinski definition) is 1. The maximum absolute atomic E-state index is 12.6. The molecule has 3 aromatic carbocycles. The number of carbonyl (C=O) groups is 1. The van der Waals surface area contributed by atoms with Crippen LogP contribution in [-0.4, -0.2) is 15.7 Å². The Kier molecular flexibility index (Phi) is 7.47. The Labute approximate surface area is 213 Å². The number of ether oxygens (including phenoxy) is 1. The Bertz CT molecular complexity index is 1310. The summed E-state index contributed by atoms with van der Waals surface area (Å²) in [5.74, 6) is 0.986. The predicted molar refractivity (Wildman–Crippen MR) is 137 cm³/mol. The van der Waals surface area contributed by atoms with Crippen LogP contribution in [0.5, 0.6) is 5.75 Å². The third-order valence-electron chi connectivity index (χ3n) is 5.24. The maximum Gasteiger partial charge on any atom is 0.256 e. The lowest BCUT2D eigenvalue weighted by atomic mass is 10.1. The molecule has 8 heteroatoms. The van der Waals surface area contributed by atoms with Gasteiger partial charge in [0.05, 0.1) is 16.6 Å². The van der Waals surface area contributed by atoms with Crippen LogP contribution in [0.4, 0.5) is 5.82 Å². The second-order valence-electron chi connectivity index (χ2n) is 7.96. The highest BCUT2D eigenvalue weighted by Gasteiger charge is 2.10. The summed E-state index contributed by atoms with van der Waals surface area (Å²) in [7, 11) is 0.